The number of aliphatic hydroxyl groups excluding tert-OH is 2. The molecule has 0 aromatic heterocycles. The zero-order chi connectivity index (χ0) is 27.0. The molecule has 0 aliphatic heterocycles. The number of fused-ring (bicyclic) bond motifs is 5. The summed E-state index contributed by atoms with van der Waals surface area (Å²) in [6.45, 7) is 3.69. The molecule has 37 heavy (non-hydrogen) atoms. The summed E-state index contributed by atoms with van der Waals surface area (Å²) in [4.78, 5) is 20.9. The van der Waals surface area contributed by atoms with Gasteiger partial charge in [-0.2, -0.15) is 0 Å². The summed E-state index contributed by atoms with van der Waals surface area (Å²) in [7, 11) is 0. The van der Waals surface area contributed by atoms with E-state index in [2.05, 4.69) is 48.5 Å². The van der Waals surface area contributed by atoms with Crippen molar-refractivity contribution in [2.75, 3.05) is 13.2 Å². The lowest BCUT2D eigenvalue weighted by Crippen LogP contribution is -2.20. The van der Waals surface area contributed by atoms with Crippen LogP contribution in [0.5, 0.6) is 0 Å². The van der Waals surface area contributed by atoms with E-state index >= 15 is 0 Å². The predicted octanol–water partition coefficient (Wildman–Crippen LogP) is 5.95. The number of aliphatic hydroxyl groups is 2. The van der Waals surface area contributed by atoms with E-state index in [1.807, 2.05) is 0 Å². The molecular weight excluding hydrogens is 468 g/mol. The van der Waals surface area contributed by atoms with Crippen molar-refractivity contribution in [3.05, 3.63) is 95.1 Å². The number of carbonyl (C=O) groups is 2. The minimum atomic E-state index is -1.23. The quantitative estimate of drug-likeness (QED) is 0.256. The monoisotopic (exact) mass is 502 g/mol. The van der Waals surface area contributed by atoms with Gasteiger partial charge in [0.25, 0.3) is 0 Å². The summed E-state index contributed by atoms with van der Waals surface area (Å²) in [5, 5.41) is 39.6. The Morgan fingerprint density at radius 3 is 1.78 bits per heavy atom. The SMILES string of the molecule is CC(C)(CO)CO.O=C(O)c1ccccc1C(=O)O.c1ccc2c(c1)ccc1c3c(ccc12)CCCC3. The van der Waals surface area contributed by atoms with Crippen LogP contribution in [0.3, 0.4) is 0 Å². The van der Waals surface area contributed by atoms with Crippen molar-refractivity contribution in [1.82, 2.24) is 0 Å². The molecule has 5 rings (SSSR count). The van der Waals surface area contributed by atoms with E-state index in [0.29, 0.717) is 0 Å². The molecule has 0 radical (unpaired) electrons. The number of hydrogen-bond donors (Lipinski definition) is 4. The lowest BCUT2D eigenvalue weighted by molar-refractivity contribution is 0.0651. The average Bonchev–Trinajstić information content (AvgIpc) is 2.93. The largest absolute Gasteiger partial charge is 0.478 e. The molecule has 194 valence electrons. The van der Waals surface area contributed by atoms with Crippen molar-refractivity contribution >= 4 is 33.5 Å². The van der Waals surface area contributed by atoms with Crippen molar-refractivity contribution in [3.8, 4) is 0 Å². The van der Waals surface area contributed by atoms with E-state index in [1.165, 1.54) is 71.5 Å². The minimum absolute atomic E-state index is 0.0451. The van der Waals surface area contributed by atoms with Crippen LogP contribution in [0.25, 0.3) is 21.5 Å². The average molecular weight is 503 g/mol. The second kappa shape index (κ2) is 12.5. The smallest absolute Gasteiger partial charge is 0.336 e. The van der Waals surface area contributed by atoms with E-state index in [0.717, 1.165) is 0 Å². The number of aromatic carboxylic acids is 2. The zero-order valence-electron chi connectivity index (χ0n) is 21.3. The molecule has 0 atom stereocenters. The maximum atomic E-state index is 10.5. The molecule has 0 amide bonds. The molecule has 0 heterocycles. The molecule has 0 bridgehead atoms. The molecule has 4 aromatic rings. The van der Waals surface area contributed by atoms with Crippen molar-refractivity contribution in [1.29, 1.82) is 0 Å². The summed E-state index contributed by atoms with van der Waals surface area (Å²) in [5.41, 5.74) is 2.49. The van der Waals surface area contributed by atoms with Gasteiger partial charge in [0, 0.05) is 5.41 Å². The van der Waals surface area contributed by atoms with Crippen molar-refractivity contribution < 1.29 is 30.0 Å². The highest BCUT2D eigenvalue weighted by Gasteiger charge is 2.15. The van der Waals surface area contributed by atoms with E-state index in [1.54, 1.807) is 25.0 Å². The minimum Gasteiger partial charge on any atom is -0.478 e. The van der Waals surface area contributed by atoms with Crippen LogP contribution < -0.4 is 0 Å². The van der Waals surface area contributed by atoms with Gasteiger partial charge in [0.1, 0.15) is 0 Å². The lowest BCUT2D eigenvalue weighted by Gasteiger charge is -2.18. The molecule has 0 fully saturated rings. The normalized spacial score (nSPS) is 12.5. The topological polar surface area (TPSA) is 115 Å². The van der Waals surface area contributed by atoms with Crippen molar-refractivity contribution in [2.45, 2.75) is 39.5 Å². The molecule has 4 aromatic carbocycles. The van der Waals surface area contributed by atoms with Crippen LogP contribution in [0.2, 0.25) is 0 Å². The Balaban J connectivity index is 0.000000174. The summed E-state index contributed by atoms with van der Waals surface area (Å²) >= 11 is 0. The van der Waals surface area contributed by atoms with Gasteiger partial charge in [-0.3, -0.25) is 0 Å². The Hall–Kier alpha value is -3.74. The van der Waals surface area contributed by atoms with Gasteiger partial charge in [0.05, 0.1) is 24.3 Å². The highest BCUT2D eigenvalue weighted by atomic mass is 16.4. The third kappa shape index (κ3) is 6.94. The number of hydrogen-bond acceptors (Lipinski definition) is 4. The van der Waals surface area contributed by atoms with Crippen LogP contribution in [0.1, 0.15) is 58.5 Å². The van der Waals surface area contributed by atoms with Crippen LogP contribution in [0.15, 0.2) is 72.8 Å². The maximum Gasteiger partial charge on any atom is 0.336 e. The van der Waals surface area contributed by atoms with Crippen LogP contribution in [-0.2, 0) is 12.8 Å². The number of carboxylic acids is 2. The molecule has 0 unspecified atom stereocenters. The highest BCUT2D eigenvalue weighted by Crippen LogP contribution is 2.33. The number of benzene rings is 4. The second-order valence-corrected chi connectivity index (χ2v) is 9.93. The summed E-state index contributed by atoms with van der Waals surface area (Å²) in [6, 6.07) is 23.4. The van der Waals surface area contributed by atoms with E-state index in [-0.39, 0.29) is 29.8 Å². The molecular formula is C31H34O6. The molecule has 1 aliphatic rings. The van der Waals surface area contributed by atoms with Crippen molar-refractivity contribution in [2.24, 2.45) is 5.41 Å². The Morgan fingerprint density at radius 2 is 1.22 bits per heavy atom. The van der Waals surface area contributed by atoms with Crippen LogP contribution >= 0.6 is 0 Å². The molecule has 6 nitrogen and oxygen atoms in total. The van der Waals surface area contributed by atoms with Gasteiger partial charge in [-0.25, -0.2) is 9.59 Å². The fourth-order valence-electron chi connectivity index (χ4n) is 4.25. The van der Waals surface area contributed by atoms with Crippen molar-refractivity contribution in [3.63, 3.8) is 0 Å². The molecule has 0 saturated heterocycles. The Kier molecular flexibility index (Phi) is 9.39. The molecule has 0 saturated carbocycles. The van der Waals surface area contributed by atoms with E-state index in [9.17, 15) is 9.59 Å². The third-order valence-corrected chi connectivity index (χ3v) is 6.50. The van der Waals surface area contributed by atoms with Gasteiger partial charge in [-0.15, -0.1) is 0 Å². The molecule has 0 spiro atoms. The van der Waals surface area contributed by atoms with Crippen LogP contribution in [0, 0.1) is 5.41 Å². The molecule has 4 N–H and O–H groups in total. The summed E-state index contributed by atoms with van der Waals surface area (Å²) in [5.74, 6) is -2.46. The first-order valence-corrected chi connectivity index (χ1v) is 12.4. The van der Waals surface area contributed by atoms with Crippen LogP contribution in [-0.4, -0.2) is 45.6 Å². The Labute approximate surface area is 216 Å². The van der Waals surface area contributed by atoms with Gasteiger partial charge in [0.15, 0.2) is 0 Å². The predicted molar refractivity (Wildman–Crippen MR) is 146 cm³/mol. The lowest BCUT2D eigenvalue weighted by atomic mass is 9.86. The summed E-state index contributed by atoms with van der Waals surface area (Å²) in [6.07, 6.45) is 5.22. The van der Waals surface area contributed by atoms with Gasteiger partial charge in [-0.05, 0) is 70.5 Å². The summed E-state index contributed by atoms with van der Waals surface area (Å²) < 4.78 is 0. The van der Waals surface area contributed by atoms with E-state index < -0.39 is 11.9 Å². The standard InChI is InChI=1S/C18H16.C8H6O4.C5H12O2/c1-3-7-15-13(5-1)9-11-18-16-8-4-2-6-14(16)10-12-17(15)18;9-7(10)5-3-1-2-4-6(5)8(11)12;1-5(2,3-6)4-7/h1,3,5,7,9-12H,2,4,6,8H2;1-4H,(H,9,10)(H,11,12);6-7H,3-4H2,1-2H3. The third-order valence-electron chi connectivity index (χ3n) is 6.50. The van der Waals surface area contributed by atoms with Crippen LogP contribution in [0.4, 0.5) is 0 Å². The van der Waals surface area contributed by atoms with Gasteiger partial charge in [-0.1, -0.05) is 74.5 Å². The number of rotatable bonds is 4. The van der Waals surface area contributed by atoms with Gasteiger partial charge >= 0.3 is 11.9 Å². The first kappa shape index (κ1) is 27.8. The number of carboxylic acid groups (broad SMARTS) is 2. The Morgan fingerprint density at radius 1 is 0.676 bits per heavy atom. The maximum absolute atomic E-state index is 10.5. The first-order valence-electron chi connectivity index (χ1n) is 12.4. The zero-order valence-corrected chi connectivity index (χ0v) is 21.3. The molecule has 6 heteroatoms. The van der Waals surface area contributed by atoms with Gasteiger partial charge in [0.2, 0.25) is 0 Å². The fourth-order valence-corrected chi connectivity index (χ4v) is 4.25. The first-order chi connectivity index (χ1) is 17.7. The number of aryl methyl sites for hydroxylation is 2. The second-order valence-electron chi connectivity index (χ2n) is 9.93. The molecule has 1 aliphatic carbocycles. The Bertz CT molecular complexity index is 1350. The van der Waals surface area contributed by atoms with Gasteiger partial charge < -0.3 is 20.4 Å². The van der Waals surface area contributed by atoms with E-state index in [4.69, 9.17) is 20.4 Å². The highest BCUT2D eigenvalue weighted by molar-refractivity contribution is 6.08. The fraction of sp³-hybridized carbons (Fsp3) is 0.290.